The van der Waals surface area contributed by atoms with Gasteiger partial charge < -0.3 is 20.7 Å². The molecule has 0 aliphatic rings. The zero-order valence-corrected chi connectivity index (χ0v) is 16.0. The summed E-state index contributed by atoms with van der Waals surface area (Å²) in [6.45, 7) is 0.835. The van der Waals surface area contributed by atoms with Gasteiger partial charge in [-0.3, -0.25) is 9.59 Å². The molecule has 3 N–H and O–H groups in total. The van der Waals surface area contributed by atoms with E-state index in [9.17, 15) is 9.59 Å². The third-order valence-electron chi connectivity index (χ3n) is 3.75. The van der Waals surface area contributed by atoms with E-state index in [2.05, 4.69) is 16.0 Å². The second-order valence-corrected chi connectivity index (χ2v) is 6.19. The molecule has 0 atom stereocenters. The molecular weight excluding hydrogens is 362 g/mol. The molecule has 0 radical (unpaired) electrons. The van der Waals surface area contributed by atoms with Gasteiger partial charge in [0, 0.05) is 20.1 Å². The molecule has 0 fully saturated rings. The van der Waals surface area contributed by atoms with Crippen LogP contribution in [0.25, 0.3) is 0 Å². The number of hydrogen-bond acceptors (Lipinski definition) is 4. The van der Waals surface area contributed by atoms with Gasteiger partial charge in [0.15, 0.2) is 5.11 Å². The number of hydrogen-bond donors (Lipinski definition) is 3. The summed E-state index contributed by atoms with van der Waals surface area (Å²) in [5, 5.41) is 8.48. The Kier molecular flexibility index (Phi) is 8.41. The lowest BCUT2D eigenvalue weighted by molar-refractivity contribution is -0.119. The minimum absolute atomic E-state index is 0.158. The minimum atomic E-state index is -0.242. The summed E-state index contributed by atoms with van der Waals surface area (Å²) < 4.78 is 4.92. The second-order valence-electron chi connectivity index (χ2n) is 5.78. The van der Waals surface area contributed by atoms with Crippen LogP contribution in [-0.2, 0) is 16.0 Å². The molecule has 2 aromatic rings. The van der Waals surface area contributed by atoms with E-state index >= 15 is 0 Å². The zero-order chi connectivity index (χ0) is 19.5. The number of carbonyl (C=O) groups is 2. The van der Waals surface area contributed by atoms with Crippen molar-refractivity contribution in [1.29, 1.82) is 0 Å². The lowest BCUT2D eigenvalue weighted by Gasteiger charge is -2.13. The first kappa shape index (κ1) is 20.5. The van der Waals surface area contributed by atoms with Gasteiger partial charge in [0.2, 0.25) is 5.91 Å². The molecule has 6 nitrogen and oxygen atoms in total. The van der Waals surface area contributed by atoms with Gasteiger partial charge in [0.1, 0.15) is 0 Å². The number of rotatable bonds is 8. The van der Waals surface area contributed by atoms with Gasteiger partial charge in [-0.2, -0.15) is 0 Å². The van der Waals surface area contributed by atoms with E-state index in [1.54, 1.807) is 31.4 Å². The third kappa shape index (κ3) is 7.16. The van der Waals surface area contributed by atoms with E-state index in [4.69, 9.17) is 17.0 Å². The lowest BCUT2D eigenvalue weighted by Crippen LogP contribution is -2.35. The summed E-state index contributed by atoms with van der Waals surface area (Å²) in [6, 6.07) is 16.7. The van der Waals surface area contributed by atoms with Gasteiger partial charge in [-0.15, -0.1) is 0 Å². The summed E-state index contributed by atoms with van der Waals surface area (Å²) in [5.41, 5.74) is 2.06. The molecule has 0 saturated heterocycles. The molecule has 0 saturated carbocycles. The fourth-order valence-electron chi connectivity index (χ4n) is 2.40. The Morgan fingerprint density at radius 2 is 1.74 bits per heavy atom. The van der Waals surface area contributed by atoms with Crippen LogP contribution in [0, 0.1) is 0 Å². The average Bonchev–Trinajstić information content (AvgIpc) is 2.67. The number of amides is 2. The van der Waals surface area contributed by atoms with E-state index in [1.165, 1.54) is 0 Å². The fourth-order valence-corrected chi connectivity index (χ4v) is 2.62. The predicted molar refractivity (Wildman–Crippen MR) is 110 cm³/mol. The molecule has 0 heterocycles. The number of aryl methyl sites for hydroxylation is 1. The molecular formula is C20H23N3O3S. The lowest BCUT2D eigenvalue weighted by atomic mass is 10.1. The van der Waals surface area contributed by atoms with Crippen molar-refractivity contribution < 1.29 is 14.3 Å². The van der Waals surface area contributed by atoms with Crippen LogP contribution in [-0.4, -0.2) is 37.2 Å². The molecule has 2 aromatic carbocycles. The number of para-hydroxylation sites is 1. The predicted octanol–water partition coefficient (Wildman–Crippen LogP) is 2.51. The smallest absolute Gasteiger partial charge is 0.253 e. The summed E-state index contributed by atoms with van der Waals surface area (Å²) in [4.78, 5) is 24.3. The first-order valence-corrected chi connectivity index (χ1v) is 9.02. The van der Waals surface area contributed by atoms with Crippen molar-refractivity contribution in [2.75, 3.05) is 25.6 Å². The highest BCUT2D eigenvalue weighted by Gasteiger charge is 2.12. The van der Waals surface area contributed by atoms with Gasteiger partial charge in [-0.05, 0) is 36.3 Å². The number of thiocarbonyl (C=S) groups is 1. The largest absolute Gasteiger partial charge is 0.383 e. The van der Waals surface area contributed by atoms with Crippen molar-refractivity contribution in [3.05, 3.63) is 65.7 Å². The Labute approximate surface area is 164 Å². The van der Waals surface area contributed by atoms with Crippen molar-refractivity contribution in [1.82, 2.24) is 10.6 Å². The molecule has 0 unspecified atom stereocenters. The van der Waals surface area contributed by atoms with Crippen LogP contribution < -0.4 is 16.0 Å². The fraction of sp³-hybridized carbons (Fsp3) is 0.250. The highest BCUT2D eigenvalue weighted by Crippen LogP contribution is 2.14. The Bertz CT molecular complexity index is 781. The van der Waals surface area contributed by atoms with E-state index in [0.717, 1.165) is 5.56 Å². The number of anilines is 1. The van der Waals surface area contributed by atoms with Crippen molar-refractivity contribution >= 4 is 34.8 Å². The molecule has 0 aliphatic carbocycles. The van der Waals surface area contributed by atoms with Crippen LogP contribution in [0.15, 0.2) is 54.6 Å². The van der Waals surface area contributed by atoms with Crippen molar-refractivity contribution in [3.63, 3.8) is 0 Å². The topological polar surface area (TPSA) is 79.5 Å². The Hall–Kier alpha value is -2.77. The quantitative estimate of drug-likeness (QED) is 0.481. The summed E-state index contributed by atoms with van der Waals surface area (Å²) in [7, 11) is 1.57. The van der Waals surface area contributed by atoms with Gasteiger partial charge in [0.25, 0.3) is 5.91 Å². The number of carbonyl (C=O) groups excluding carboxylic acids is 2. The Balaban J connectivity index is 1.87. The van der Waals surface area contributed by atoms with Gasteiger partial charge in [-0.25, -0.2) is 0 Å². The number of methoxy groups -OCH3 is 1. The molecule has 0 aliphatic heterocycles. The highest BCUT2D eigenvalue weighted by atomic mass is 32.1. The van der Waals surface area contributed by atoms with Crippen LogP contribution in [0.2, 0.25) is 0 Å². The first-order valence-electron chi connectivity index (χ1n) is 8.61. The summed E-state index contributed by atoms with van der Waals surface area (Å²) in [6.07, 6.45) is 0.957. The Morgan fingerprint density at radius 1 is 1.04 bits per heavy atom. The van der Waals surface area contributed by atoms with Crippen molar-refractivity contribution in [2.24, 2.45) is 0 Å². The monoisotopic (exact) mass is 385 g/mol. The van der Waals surface area contributed by atoms with Gasteiger partial charge >= 0.3 is 0 Å². The standard InChI is InChI=1S/C20H23N3O3S/c1-26-14-13-21-19(25)16-9-5-6-10-17(16)22-20(27)23-18(24)12-11-15-7-3-2-4-8-15/h2-10H,11-14H2,1H3,(H,21,25)(H2,22,23,24,27). The van der Waals surface area contributed by atoms with E-state index in [1.807, 2.05) is 30.3 Å². The second kappa shape index (κ2) is 11.1. The molecule has 2 amide bonds. The number of nitrogens with one attached hydrogen (secondary N) is 3. The normalized spacial score (nSPS) is 10.1. The van der Waals surface area contributed by atoms with Gasteiger partial charge in [0.05, 0.1) is 17.9 Å². The van der Waals surface area contributed by atoms with Crippen molar-refractivity contribution in [2.45, 2.75) is 12.8 Å². The third-order valence-corrected chi connectivity index (χ3v) is 3.95. The molecule has 7 heteroatoms. The SMILES string of the molecule is COCCNC(=O)c1ccccc1NC(=S)NC(=O)CCc1ccccc1. The Morgan fingerprint density at radius 3 is 2.48 bits per heavy atom. The van der Waals surface area contributed by atoms with Crippen LogP contribution >= 0.6 is 12.2 Å². The summed E-state index contributed by atoms with van der Waals surface area (Å²) >= 11 is 5.20. The molecule has 27 heavy (non-hydrogen) atoms. The molecule has 0 bridgehead atoms. The minimum Gasteiger partial charge on any atom is -0.383 e. The van der Waals surface area contributed by atoms with E-state index < -0.39 is 0 Å². The maximum atomic E-state index is 12.3. The molecule has 0 spiro atoms. The number of ether oxygens (including phenoxy) is 1. The van der Waals surface area contributed by atoms with E-state index in [-0.39, 0.29) is 16.9 Å². The van der Waals surface area contributed by atoms with Crippen LogP contribution in [0.4, 0.5) is 5.69 Å². The van der Waals surface area contributed by atoms with Crippen LogP contribution in [0.1, 0.15) is 22.3 Å². The summed E-state index contributed by atoms with van der Waals surface area (Å²) in [5.74, 6) is -0.424. The van der Waals surface area contributed by atoms with Crippen molar-refractivity contribution in [3.8, 4) is 0 Å². The van der Waals surface area contributed by atoms with E-state index in [0.29, 0.717) is 37.2 Å². The maximum absolute atomic E-state index is 12.3. The first-order chi connectivity index (χ1) is 13.1. The van der Waals surface area contributed by atoms with Crippen LogP contribution in [0.3, 0.4) is 0 Å². The van der Waals surface area contributed by atoms with Gasteiger partial charge in [-0.1, -0.05) is 42.5 Å². The van der Waals surface area contributed by atoms with Crippen LogP contribution in [0.5, 0.6) is 0 Å². The maximum Gasteiger partial charge on any atom is 0.253 e. The number of benzene rings is 2. The molecule has 2 rings (SSSR count). The highest BCUT2D eigenvalue weighted by molar-refractivity contribution is 7.80. The molecule has 0 aromatic heterocycles. The zero-order valence-electron chi connectivity index (χ0n) is 15.2. The molecule has 142 valence electrons. The average molecular weight is 385 g/mol.